The molecule has 1 aromatic heterocycles. The molecule has 0 aliphatic rings. The topological polar surface area (TPSA) is 42.7 Å². The smallest absolute Gasteiger partial charge is 0.149 e. The van der Waals surface area contributed by atoms with Gasteiger partial charge in [-0.25, -0.2) is 9.07 Å². The van der Waals surface area contributed by atoms with E-state index in [1.54, 1.807) is 12.3 Å². The first-order valence-electron chi connectivity index (χ1n) is 5.03. The molecule has 1 N–H and O–H groups in total. The fourth-order valence-electron chi connectivity index (χ4n) is 1.58. The van der Waals surface area contributed by atoms with Crippen molar-refractivity contribution in [2.75, 3.05) is 7.05 Å². The summed E-state index contributed by atoms with van der Waals surface area (Å²) in [6.45, 7) is 2.46. The molecule has 4 nitrogen and oxygen atoms in total. The third kappa shape index (κ3) is 1.94. The number of aromatic nitrogens is 3. The summed E-state index contributed by atoms with van der Waals surface area (Å²) in [6, 6.07) is 4.94. The van der Waals surface area contributed by atoms with Gasteiger partial charge in [-0.1, -0.05) is 17.3 Å². The Labute approximate surface area is 93.1 Å². The van der Waals surface area contributed by atoms with Crippen molar-refractivity contribution in [2.24, 2.45) is 0 Å². The van der Waals surface area contributed by atoms with E-state index in [0.717, 1.165) is 11.3 Å². The molecule has 0 spiro atoms. The van der Waals surface area contributed by atoms with Crippen LogP contribution in [-0.2, 0) is 6.54 Å². The first-order chi connectivity index (χ1) is 7.72. The SMILES string of the molecule is CNCc1cn(-c2c(C)cccc2F)nn1. The van der Waals surface area contributed by atoms with Crippen LogP contribution in [0.3, 0.4) is 0 Å². The van der Waals surface area contributed by atoms with Crippen LogP contribution in [-0.4, -0.2) is 22.0 Å². The molecule has 1 aromatic carbocycles. The van der Waals surface area contributed by atoms with E-state index in [4.69, 9.17) is 0 Å². The standard InChI is InChI=1S/C11H13FN4/c1-8-4-3-5-10(12)11(8)16-7-9(6-13-2)14-15-16/h3-5,7,13H,6H2,1-2H3. The van der Waals surface area contributed by atoms with E-state index >= 15 is 0 Å². The van der Waals surface area contributed by atoms with Gasteiger partial charge in [-0.3, -0.25) is 0 Å². The molecule has 0 bridgehead atoms. The predicted octanol–water partition coefficient (Wildman–Crippen LogP) is 1.43. The van der Waals surface area contributed by atoms with Crippen LogP contribution in [0.4, 0.5) is 4.39 Å². The van der Waals surface area contributed by atoms with Crippen LogP contribution >= 0.6 is 0 Å². The minimum atomic E-state index is -0.291. The lowest BCUT2D eigenvalue weighted by Crippen LogP contribution is -2.05. The quantitative estimate of drug-likeness (QED) is 0.851. The lowest BCUT2D eigenvalue weighted by atomic mass is 10.2. The second-order valence-corrected chi connectivity index (χ2v) is 3.59. The van der Waals surface area contributed by atoms with E-state index in [2.05, 4.69) is 15.6 Å². The summed E-state index contributed by atoms with van der Waals surface area (Å²) in [5.41, 5.74) is 2.07. The van der Waals surface area contributed by atoms with Gasteiger partial charge in [-0.05, 0) is 25.6 Å². The fourth-order valence-corrected chi connectivity index (χ4v) is 1.58. The number of aryl methyl sites for hydroxylation is 1. The Morgan fingerprint density at radius 1 is 1.44 bits per heavy atom. The molecule has 0 atom stereocenters. The van der Waals surface area contributed by atoms with Gasteiger partial charge in [0.1, 0.15) is 11.5 Å². The third-order valence-corrected chi connectivity index (χ3v) is 2.32. The highest BCUT2D eigenvalue weighted by Crippen LogP contribution is 2.16. The highest BCUT2D eigenvalue weighted by atomic mass is 19.1. The van der Waals surface area contributed by atoms with Gasteiger partial charge >= 0.3 is 0 Å². The van der Waals surface area contributed by atoms with Crippen molar-refractivity contribution in [3.8, 4) is 5.69 Å². The van der Waals surface area contributed by atoms with Crippen LogP contribution < -0.4 is 5.32 Å². The molecular formula is C11H13FN4. The average molecular weight is 220 g/mol. The molecule has 0 fully saturated rings. The molecule has 2 rings (SSSR count). The van der Waals surface area contributed by atoms with E-state index in [0.29, 0.717) is 12.2 Å². The van der Waals surface area contributed by atoms with Gasteiger partial charge in [0.15, 0.2) is 0 Å². The highest BCUT2D eigenvalue weighted by molar-refractivity contribution is 5.40. The zero-order valence-corrected chi connectivity index (χ0v) is 9.24. The number of rotatable bonds is 3. The van der Waals surface area contributed by atoms with Crippen molar-refractivity contribution in [1.82, 2.24) is 20.3 Å². The second-order valence-electron chi connectivity index (χ2n) is 3.59. The fraction of sp³-hybridized carbons (Fsp3) is 0.273. The molecule has 0 amide bonds. The summed E-state index contributed by atoms with van der Waals surface area (Å²) in [6.07, 6.45) is 1.72. The normalized spacial score (nSPS) is 10.7. The Kier molecular flexibility index (Phi) is 2.96. The molecule has 16 heavy (non-hydrogen) atoms. The lowest BCUT2D eigenvalue weighted by Gasteiger charge is -2.05. The summed E-state index contributed by atoms with van der Waals surface area (Å²) in [5, 5.41) is 10.8. The number of para-hydroxylation sites is 1. The van der Waals surface area contributed by atoms with E-state index in [-0.39, 0.29) is 5.82 Å². The first-order valence-corrected chi connectivity index (χ1v) is 5.03. The Bertz CT molecular complexity index is 472. The first kappa shape index (κ1) is 10.8. The monoisotopic (exact) mass is 220 g/mol. The largest absolute Gasteiger partial charge is 0.314 e. The Morgan fingerprint density at radius 3 is 2.94 bits per heavy atom. The molecule has 84 valence electrons. The molecule has 0 aliphatic heterocycles. The summed E-state index contributed by atoms with van der Waals surface area (Å²) >= 11 is 0. The summed E-state index contributed by atoms with van der Waals surface area (Å²) in [7, 11) is 1.83. The van der Waals surface area contributed by atoms with E-state index in [1.807, 2.05) is 20.0 Å². The molecule has 0 radical (unpaired) electrons. The zero-order chi connectivity index (χ0) is 11.5. The van der Waals surface area contributed by atoms with Gasteiger partial charge in [0.2, 0.25) is 0 Å². The highest BCUT2D eigenvalue weighted by Gasteiger charge is 2.09. The molecule has 5 heteroatoms. The summed E-state index contributed by atoms with van der Waals surface area (Å²) in [4.78, 5) is 0. The Balaban J connectivity index is 2.42. The maximum absolute atomic E-state index is 13.6. The van der Waals surface area contributed by atoms with Gasteiger partial charge in [-0.2, -0.15) is 0 Å². The van der Waals surface area contributed by atoms with Crippen LogP contribution in [0.1, 0.15) is 11.3 Å². The van der Waals surface area contributed by atoms with Crippen LogP contribution in [0.2, 0.25) is 0 Å². The number of hydrogen-bond acceptors (Lipinski definition) is 3. The molecule has 0 aliphatic carbocycles. The third-order valence-electron chi connectivity index (χ3n) is 2.32. The molecule has 0 unspecified atom stereocenters. The Hall–Kier alpha value is -1.75. The number of nitrogens with zero attached hydrogens (tertiary/aromatic N) is 3. The van der Waals surface area contributed by atoms with Gasteiger partial charge in [0.05, 0.1) is 11.9 Å². The molecule has 0 saturated carbocycles. The summed E-state index contributed by atoms with van der Waals surface area (Å²) in [5.74, 6) is -0.291. The maximum Gasteiger partial charge on any atom is 0.149 e. The van der Waals surface area contributed by atoms with Crippen molar-refractivity contribution in [2.45, 2.75) is 13.5 Å². The van der Waals surface area contributed by atoms with E-state index < -0.39 is 0 Å². The Morgan fingerprint density at radius 2 is 2.25 bits per heavy atom. The van der Waals surface area contributed by atoms with Gasteiger partial charge < -0.3 is 5.32 Å². The number of benzene rings is 1. The van der Waals surface area contributed by atoms with Gasteiger partial charge in [-0.15, -0.1) is 5.10 Å². The van der Waals surface area contributed by atoms with Crippen molar-refractivity contribution in [3.63, 3.8) is 0 Å². The second kappa shape index (κ2) is 4.40. The van der Waals surface area contributed by atoms with Crippen LogP contribution in [0.5, 0.6) is 0 Å². The van der Waals surface area contributed by atoms with Gasteiger partial charge in [0, 0.05) is 6.54 Å². The molecule has 1 heterocycles. The van der Waals surface area contributed by atoms with Crippen molar-refractivity contribution >= 4 is 0 Å². The maximum atomic E-state index is 13.6. The minimum absolute atomic E-state index is 0.291. The van der Waals surface area contributed by atoms with Crippen LogP contribution in [0.25, 0.3) is 5.69 Å². The van der Waals surface area contributed by atoms with Gasteiger partial charge in [0.25, 0.3) is 0 Å². The summed E-state index contributed by atoms with van der Waals surface area (Å²) < 4.78 is 15.1. The van der Waals surface area contributed by atoms with Crippen LogP contribution in [0.15, 0.2) is 24.4 Å². The van der Waals surface area contributed by atoms with Crippen LogP contribution in [0, 0.1) is 12.7 Å². The van der Waals surface area contributed by atoms with E-state index in [9.17, 15) is 4.39 Å². The lowest BCUT2D eigenvalue weighted by molar-refractivity contribution is 0.605. The zero-order valence-electron chi connectivity index (χ0n) is 9.24. The number of hydrogen-bond donors (Lipinski definition) is 1. The number of halogens is 1. The molecule has 2 aromatic rings. The van der Waals surface area contributed by atoms with Crippen molar-refractivity contribution in [3.05, 3.63) is 41.5 Å². The predicted molar refractivity (Wildman–Crippen MR) is 58.8 cm³/mol. The van der Waals surface area contributed by atoms with Crippen molar-refractivity contribution < 1.29 is 4.39 Å². The molecular weight excluding hydrogens is 207 g/mol. The van der Waals surface area contributed by atoms with E-state index in [1.165, 1.54) is 10.7 Å². The molecule has 0 saturated heterocycles. The average Bonchev–Trinajstić information content (AvgIpc) is 2.67. The minimum Gasteiger partial charge on any atom is -0.314 e. The van der Waals surface area contributed by atoms with Crippen molar-refractivity contribution in [1.29, 1.82) is 0 Å². The number of nitrogens with one attached hydrogen (secondary N) is 1.